The Balaban J connectivity index is 2.09. The third kappa shape index (κ3) is 7.52. The van der Waals surface area contributed by atoms with E-state index in [0.29, 0.717) is 5.41 Å². The molecule has 0 fully saturated rings. The average molecular weight is 333 g/mol. The minimum atomic E-state index is 0.433. The predicted molar refractivity (Wildman–Crippen MR) is 85.3 cm³/mol. The van der Waals surface area contributed by atoms with Crippen molar-refractivity contribution in [3.8, 4) is 0 Å². The van der Waals surface area contributed by atoms with E-state index in [1.807, 2.05) is 11.3 Å². The number of halogens is 1. The van der Waals surface area contributed by atoms with Crippen molar-refractivity contribution in [1.29, 1.82) is 0 Å². The van der Waals surface area contributed by atoms with Gasteiger partial charge in [0.25, 0.3) is 0 Å². The first-order valence-electron chi connectivity index (χ1n) is 6.49. The van der Waals surface area contributed by atoms with E-state index < -0.39 is 0 Å². The summed E-state index contributed by atoms with van der Waals surface area (Å²) in [4.78, 5) is 3.78. The number of hydrogen-bond donors (Lipinski definition) is 1. The van der Waals surface area contributed by atoms with Crippen molar-refractivity contribution in [2.24, 2.45) is 5.41 Å². The molecule has 0 aliphatic heterocycles. The Morgan fingerprint density at radius 2 is 2.06 bits per heavy atom. The standard InChI is InChI=1S/C14H25BrN2S/c1-14(2,3)5-6-16-7-8-17(4)10-13-9-12(15)11-18-13/h9,11,16H,5-8,10H2,1-4H3. The van der Waals surface area contributed by atoms with Gasteiger partial charge in [0, 0.05) is 34.4 Å². The fraction of sp³-hybridized carbons (Fsp3) is 0.714. The maximum absolute atomic E-state index is 3.52. The highest BCUT2D eigenvalue weighted by Gasteiger charge is 2.08. The van der Waals surface area contributed by atoms with E-state index in [4.69, 9.17) is 0 Å². The average Bonchev–Trinajstić information content (AvgIpc) is 2.61. The van der Waals surface area contributed by atoms with Gasteiger partial charge < -0.3 is 10.2 Å². The highest BCUT2D eigenvalue weighted by Crippen LogP contribution is 2.20. The first-order valence-corrected chi connectivity index (χ1v) is 8.16. The Morgan fingerprint density at radius 1 is 1.33 bits per heavy atom. The monoisotopic (exact) mass is 332 g/mol. The molecule has 1 aromatic rings. The molecule has 0 atom stereocenters. The second-order valence-corrected chi connectivity index (χ2v) is 7.94. The van der Waals surface area contributed by atoms with Crippen LogP contribution in [0, 0.1) is 5.41 Å². The molecule has 0 saturated carbocycles. The molecule has 0 unspecified atom stereocenters. The lowest BCUT2D eigenvalue weighted by Crippen LogP contribution is -2.30. The number of hydrogen-bond acceptors (Lipinski definition) is 3. The molecule has 104 valence electrons. The summed E-state index contributed by atoms with van der Waals surface area (Å²) < 4.78 is 1.19. The van der Waals surface area contributed by atoms with Crippen molar-refractivity contribution in [3.05, 3.63) is 20.8 Å². The summed E-state index contributed by atoms with van der Waals surface area (Å²) in [6.45, 7) is 11.2. The largest absolute Gasteiger partial charge is 0.315 e. The van der Waals surface area contributed by atoms with E-state index in [2.05, 4.69) is 65.4 Å². The fourth-order valence-corrected chi connectivity index (χ4v) is 3.17. The van der Waals surface area contributed by atoms with E-state index >= 15 is 0 Å². The first kappa shape index (κ1) is 16.2. The molecule has 0 bridgehead atoms. The Hall–Kier alpha value is 0.1000. The summed E-state index contributed by atoms with van der Waals surface area (Å²) in [5, 5.41) is 5.66. The number of nitrogens with one attached hydrogen (secondary N) is 1. The minimum absolute atomic E-state index is 0.433. The molecule has 0 saturated heterocycles. The van der Waals surface area contributed by atoms with Gasteiger partial charge >= 0.3 is 0 Å². The van der Waals surface area contributed by atoms with Crippen molar-refractivity contribution in [2.75, 3.05) is 26.7 Å². The molecule has 0 radical (unpaired) electrons. The zero-order valence-corrected chi connectivity index (χ0v) is 14.3. The van der Waals surface area contributed by atoms with Crippen LogP contribution in [-0.4, -0.2) is 31.6 Å². The van der Waals surface area contributed by atoms with Crippen LogP contribution in [0.1, 0.15) is 32.1 Å². The van der Waals surface area contributed by atoms with Gasteiger partial charge in [0.2, 0.25) is 0 Å². The lowest BCUT2D eigenvalue weighted by molar-refractivity contribution is 0.316. The Labute approximate surface area is 124 Å². The van der Waals surface area contributed by atoms with Crippen LogP contribution in [0.3, 0.4) is 0 Å². The molecule has 0 amide bonds. The van der Waals surface area contributed by atoms with Gasteiger partial charge in [-0.25, -0.2) is 0 Å². The van der Waals surface area contributed by atoms with Gasteiger partial charge in [0.1, 0.15) is 0 Å². The molecule has 0 spiro atoms. The zero-order chi connectivity index (χ0) is 13.6. The highest BCUT2D eigenvalue weighted by molar-refractivity contribution is 9.10. The second-order valence-electron chi connectivity index (χ2n) is 6.03. The predicted octanol–water partition coefficient (Wildman–Crippen LogP) is 3.97. The Kier molecular flexibility index (Phi) is 6.85. The van der Waals surface area contributed by atoms with Crippen LogP contribution >= 0.6 is 27.3 Å². The maximum Gasteiger partial charge on any atom is 0.0325 e. The molecule has 0 aromatic carbocycles. The maximum atomic E-state index is 3.52. The minimum Gasteiger partial charge on any atom is -0.315 e. The van der Waals surface area contributed by atoms with Crippen molar-refractivity contribution in [1.82, 2.24) is 10.2 Å². The Bertz CT molecular complexity index is 344. The third-order valence-corrected chi connectivity index (χ3v) is 4.45. The number of likely N-dealkylation sites (N-methyl/N-ethyl adjacent to an activating group) is 1. The van der Waals surface area contributed by atoms with Crippen molar-refractivity contribution < 1.29 is 0 Å². The number of rotatable bonds is 7. The van der Waals surface area contributed by atoms with Crippen LogP contribution < -0.4 is 5.32 Å². The lowest BCUT2D eigenvalue weighted by Gasteiger charge is -2.19. The van der Waals surface area contributed by atoms with E-state index in [0.717, 1.165) is 26.2 Å². The van der Waals surface area contributed by atoms with Crippen molar-refractivity contribution in [2.45, 2.75) is 33.7 Å². The molecular formula is C14H25BrN2S. The molecule has 0 aliphatic carbocycles. The van der Waals surface area contributed by atoms with E-state index in [9.17, 15) is 0 Å². The topological polar surface area (TPSA) is 15.3 Å². The smallest absolute Gasteiger partial charge is 0.0325 e. The molecule has 4 heteroatoms. The van der Waals surface area contributed by atoms with Gasteiger partial charge in [0.05, 0.1) is 0 Å². The molecule has 1 rings (SSSR count). The summed E-state index contributed by atoms with van der Waals surface area (Å²) >= 11 is 5.31. The quantitative estimate of drug-likeness (QED) is 0.760. The molecule has 1 N–H and O–H groups in total. The summed E-state index contributed by atoms with van der Waals surface area (Å²) in [6, 6.07) is 2.20. The SMILES string of the molecule is CN(CCNCCC(C)(C)C)Cc1cc(Br)cs1. The normalized spacial score (nSPS) is 12.3. The third-order valence-electron chi connectivity index (χ3n) is 2.77. The van der Waals surface area contributed by atoms with E-state index in [1.165, 1.54) is 15.8 Å². The van der Waals surface area contributed by atoms with E-state index in [-0.39, 0.29) is 0 Å². The van der Waals surface area contributed by atoms with Gasteiger partial charge in [-0.3, -0.25) is 0 Å². The molecule has 18 heavy (non-hydrogen) atoms. The van der Waals surface area contributed by atoms with Gasteiger partial charge in [-0.2, -0.15) is 0 Å². The van der Waals surface area contributed by atoms with Crippen LogP contribution in [0.5, 0.6) is 0 Å². The first-order chi connectivity index (χ1) is 8.37. The molecule has 2 nitrogen and oxygen atoms in total. The zero-order valence-electron chi connectivity index (χ0n) is 11.9. The highest BCUT2D eigenvalue weighted by atomic mass is 79.9. The van der Waals surface area contributed by atoms with Gasteiger partial charge in [-0.05, 0) is 47.4 Å². The second kappa shape index (κ2) is 7.63. The van der Waals surface area contributed by atoms with Gasteiger partial charge in [-0.15, -0.1) is 11.3 Å². The summed E-state index contributed by atoms with van der Waals surface area (Å²) in [6.07, 6.45) is 1.23. The fourth-order valence-electron chi connectivity index (χ4n) is 1.64. The Morgan fingerprint density at radius 3 is 2.61 bits per heavy atom. The van der Waals surface area contributed by atoms with Crippen LogP contribution in [-0.2, 0) is 6.54 Å². The summed E-state index contributed by atoms with van der Waals surface area (Å²) in [7, 11) is 2.18. The van der Waals surface area contributed by atoms with Crippen molar-refractivity contribution >= 4 is 27.3 Å². The lowest BCUT2D eigenvalue weighted by atomic mass is 9.92. The molecule has 1 aromatic heterocycles. The van der Waals surface area contributed by atoms with Gasteiger partial charge in [0.15, 0.2) is 0 Å². The molecule has 1 heterocycles. The summed E-state index contributed by atoms with van der Waals surface area (Å²) in [5.41, 5.74) is 0.433. The van der Waals surface area contributed by atoms with Crippen LogP contribution in [0.25, 0.3) is 0 Å². The van der Waals surface area contributed by atoms with Gasteiger partial charge in [-0.1, -0.05) is 20.8 Å². The van der Waals surface area contributed by atoms with Crippen LogP contribution in [0.2, 0.25) is 0 Å². The van der Waals surface area contributed by atoms with Crippen LogP contribution in [0.15, 0.2) is 15.9 Å². The van der Waals surface area contributed by atoms with E-state index in [1.54, 1.807) is 0 Å². The molecule has 0 aliphatic rings. The number of nitrogens with zero attached hydrogens (tertiary/aromatic N) is 1. The van der Waals surface area contributed by atoms with Crippen LogP contribution in [0.4, 0.5) is 0 Å². The summed E-state index contributed by atoms with van der Waals surface area (Å²) in [5.74, 6) is 0. The number of thiophene rings is 1. The molecular weight excluding hydrogens is 308 g/mol. The van der Waals surface area contributed by atoms with Crippen molar-refractivity contribution in [3.63, 3.8) is 0 Å².